The third-order valence-corrected chi connectivity index (χ3v) is 5.67. The lowest BCUT2D eigenvalue weighted by Gasteiger charge is -2.31. The van der Waals surface area contributed by atoms with Gasteiger partial charge in [0.05, 0.1) is 4.88 Å². The molecule has 1 aromatic heterocycles. The molecule has 2 aliphatic rings. The Labute approximate surface area is 125 Å². The molecule has 0 radical (unpaired) electrons. The molecular weight excluding hydrogens is 268 g/mol. The van der Waals surface area contributed by atoms with Gasteiger partial charge in [-0.3, -0.25) is 4.79 Å². The number of nitrogens with zero attached hydrogens (tertiary/aromatic N) is 1. The summed E-state index contributed by atoms with van der Waals surface area (Å²) in [6.45, 7) is 5.67. The van der Waals surface area contributed by atoms with Gasteiger partial charge in [-0.1, -0.05) is 6.92 Å². The molecule has 0 unspecified atom stereocenters. The maximum Gasteiger partial charge on any atom is 0.261 e. The summed E-state index contributed by atoms with van der Waals surface area (Å²) in [6.07, 6.45) is 7.00. The molecule has 0 atom stereocenters. The van der Waals surface area contributed by atoms with Crippen molar-refractivity contribution in [3.05, 3.63) is 21.4 Å². The van der Waals surface area contributed by atoms with E-state index in [0.717, 1.165) is 37.2 Å². The Morgan fingerprint density at radius 2 is 2.20 bits per heavy atom. The van der Waals surface area contributed by atoms with Crippen LogP contribution in [0.25, 0.3) is 0 Å². The van der Waals surface area contributed by atoms with Crippen molar-refractivity contribution in [2.45, 2.75) is 51.5 Å². The number of piperidine rings is 1. The first-order chi connectivity index (χ1) is 9.76. The molecule has 20 heavy (non-hydrogen) atoms. The first kappa shape index (κ1) is 14.1. The lowest BCUT2D eigenvalue weighted by molar-refractivity contribution is 0.0915. The van der Waals surface area contributed by atoms with E-state index in [1.807, 2.05) is 0 Å². The number of amides is 1. The van der Waals surface area contributed by atoms with Crippen LogP contribution in [0.2, 0.25) is 0 Å². The molecule has 0 aromatic carbocycles. The second-order valence-corrected chi connectivity index (χ2v) is 7.14. The molecule has 4 heteroatoms. The van der Waals surface area contributed by atoms with Crippen molar-refractivity contribution in [1.29, 1.82) is 0 Å². The highest BCUT2D eigenvalue weighted by atomic mass is 32.1. The van der Waals surface area contributed by atoms with Crippen molar-refractivity contribution in [1.82, 2.24) is 10.2 Å². The number of aryl methyl sites for hydroxylation is 2. The van der Waals surface area contributed by atoms with Crippen LogP contribution < -0.4 is 5.32 Å². The van der Waals surface area contributed by atoms with Gasteiger partial charge in [0.15, 0.2) is 0 Å². The second kappa shape index (κ2) is 6.27. The number of hydrogen-bond donors (Lipinski definition) is 1. The molecule has 1 fully saturated rings. The summed E-state index contributed by atoms with van der Waals surface area (Å²) in [4.78, 5) is 17.2. The fraction of sp³-hybridized carbons (Fsp3) is 0.688. The Balaban J connectivity index is 1.52. The van der Waals surface area contributed by atoms with Gasteiger partial charge in [0.1, 0.15) is 0 Å². The minimum atomic E-state index is 0.151. The number of hydrogen-bond acceptors (Lipinski definition) is 3. The monoisotopic (exact) mass is 292 g/mol. The van der Waals surface area contributed by atoms with E-state index < -0.39 is 0 Å². The number of nitrogens with one attached hydrogen (secondary N) is 1. The SMILES string of the molecule is CCCN1CCC(NC(=O)c2cc3c(s2)CCC3)CC1. The Hall–Kier alpha value is -0.870. The Morgan fingerprint density at radius 3 is 2.90 bits per heavy atom. The average Bonchev–Trinajstić information content (AvgIpc) is 3.02. The van der Waals surface area contributed by atoms with Gasteiger partial charge in [-0.05, 0) is 56.7 Å². The van der Waals surface area contributed by atoms with Crippen LogP contribution in [-0.4, -0.2) is 36.5 Å². The molecule has 2 heterocycles. The number of rotatable bonds is 4. The second-order valence-electron chi connectivity index (χ2n) is 6.00. The van der Waals surface area contributed by atoms with Gasteiger partial charge in [0.2, 0.25) is 0 Å². The number of carbonyl (C=O) groups is 1. The Morgan fingerprint density at radius 1 is 1.40 bits per heavy atom. The average molecular weight is 292 g/mol. The zero-order valence-electron chi connectivity index (χ0n) is 12.3. The lowest BCUT2D eigenvalue weighted by atomic mass is 10.0. The molecule has 1 N–H and O–H groups in total. The van der Waals surface area contributed by atoms with Gasteiger partial charge in [0, 0.05) is 24.0 Å². The maximum absolute atomic E-state index is 12.3. The van der Waals surface area contributed by atoms with Gasteiger partial charge in [-0.25, -0.2) is 0 Å². The van der Waals surface area contributed by atoms with Gasteiger partial charge in [-0.2, -0.15) is 0 Å². The topological polar surface area (TPSA) is 32.3 Å². The summed E-state index contributed by atoms with van der Waals surface area (Å²) in [5, 5.41) is 3.23. The third kappa shape index (κ3) is 3.07. The number of likely N-dealkylation sites (tertiary alicyclic amines) is 1. The first-order valence-electron chi connectivity index (χ1n) is 7.91. The molecule has 1 aliphatic carbocycles. The fourth-order valence-electron chi connectivity index (χ4n) is 3.31. The molecule has 3 nitrogen and oxygen atoms in total. The van der Waals surface area contributed by atoms with Crippen molar-refractivity contribution in [3.8, 4) is 0 Å². The number of thiophene rings is 1. The van der Waals surface area contributed by atoms with Crippen LogP contribution in [0.3, 0.4) is 0 Å². The zero-order valence-corrected chi connectivity index (χ0v) is 13.1. The molecule has 0 spiro atoms. The van der Waals surface area contributed by atoms with Gasteiger partial charge < -0.3 is 10.2 Å². The van der Waals surface area contributed by atoms with Crippen LogP contribution in [0.1, 0.15) is 52.7 Å². The lowest BCUT2D eigenvalue weighted by Crippen LogP contribution is -2.44. The molecule has 1 aliphatic heterocycles. The third-order valence-electron chi connectivity index (χ3n) is 4.43. The Kier molecular flexibility index (Phi) is 4.41. The summed E-state index contributed by atoms with van der Waals surface area (Å²) < 4.78 is 0. The van der Waals surface area contributed by atoms with E-state index in [2.05, 4.69) is 23.2 Å². The largest absolute Gasteiger partial charge is 0.349 e. The molecule has 1 saturated heterocycles. The quantitative estimate of drug-likeness (QED) is 0.925. The van der Waals surface area contributed by atoms with Crippen LogP contribution in [0.15, 0.2) is 6.07 Å². The van der Waals surface area contributed by atoms with Crippen LogP contribution in [0.4, 0.5) is 0 Å². The molecule has 1 aromatic rings. The molecule has 1 amide bonds. The van der Waals surface area contributed by atoms with Crippen molar-refractivity contribution in [2.75, 3.05) is 19.6 Å². The van der Waals surface area contributed by atoms with Crippen LogP contribution in [-0.2, 0) is 12.8 Å². The van der Waals surface area contributed by atoms with Crippen LogP contribution >= 0.6 is 11.3 Å². The molecular formula is C16H24N2OS. The van der Waals surface area contributed by atoms with Crippen molar-refractivity contribution >= 4 is 17.2 Å². The smallest absolute Gasteiger partial charge is 0.261 e. The van der Waals surface area contributed by atoms with E-state index in [9.17, 15) is 4.79 Å². The van der Waals surface area contributed by atoms with Gasteiger partial charge in [0.25, 0.3) is 5.91 Å². The number of carbonyl (C=O) groups excluding carboxylic acids is 1. The fourth-order valence-corrected chi connectivity index (χ4v) is 4.47. The molecule has 110 valence electrons. The van der Waals surface area contributed by atoms with Crippen molar-refractivity contribution in [2.24, 2.45) is 0 Å². The summed E-state index contributed by atoms with van der Waals surface area (Å²) in [5.74, 6) is 0.151. The van der Waals surface area contributed by atoms with Crippen molar-refractivity contribution < 1.29 is 4.79 Å². The number of fused-ring (bicyclic) bond motifs is 1. The van der Waals surface area contributed by atoms with Gasteiger partial charge >= 0.3 is 0 Å². The Bertz CT molecular complexity index is 453. The molecule has 0 bridgehead atoms. The van der Waals surface area contributed by atoms with E-state index in [1.165, 1.54) is 36.2 Å². The minimum Gasteiger partial charge on any atom is -0.349 e. The highest BCUT2D eigenvalue weighted by molar-refractivity contribution is 7.14. The summed E-state index contributed by atoms with van der Waals surface area (Å²) >= 11 is 1.70. The summed E-state index contributed by atoms with van der Waals surface area (Å²) in [7, 11) is 0. The minimum absolute atomic E-state index is 0.151. The first-order valence-corrected chi connectivity index (χ1v) is 8.72. The van der Waals surface area contributed by atoms with Gasteiger partial charge in [-0.15, -0.1) is 11.3 Å². The molecule has 0 saturated carbocycles. The highest BCUT2D eigenvalue weighted by Crippen LogP contribution is 2.30. The summed E-state index contributed by atoms with van der Waals surface area (Å²) in [6, 6.07) is 2.49. The van der Waals surface area contributed by atoms with E-state index in [1.54, 1.807) is 11.3 Å². The zero-order chi connectivity index (χ0) is 13.9. The highest BCUT2D eigenvalue weighted by Gasteiger charge is 2.23. The van der Waals surface area contributed by atoms with E-state index >= 15 is 0 Å². The van der Waals surface area contributed by atoms with E-state index in [-0.39, 0.29) is 5.91 Å². The maximum atomic E-state index is 12.3. The van der Waals surface area contributed by atoms with E-state index in [0.29, 0.717) is 6.04 Å². The van der Waals surface area contributed by atoms with Crippen LogP contribution in [0.5, 0.6) is 0 Å². The normalized spacial score (nSPS) is 20.1. The van der Waals surface area contributed by atoms with Crippen LogP contribution in [0, 0.1) is 0 Å². The predicted octanol–water partition coefficient (Wildman–Crippen LogP) is 2.84. The van der Waals surface area contributed by atoms with Crippen molar-refractivity contribution in [3.63, 3.8) is 0 Å². The predicted molar refractivity (Wildman–Crippen MR) is 83.6 cm³/mol. The van der Waals surface area contributed by atoms with E-state index in [4.69, 9.17) is 0 Å². The molecule has 3 rings (SSSR count). The summed E-state index contributed by atoms with van der Waals surface area (Å²) in [5.41, 5.74) is 1.41. The standard InChI is InChI=1S/C16H24N2OS/c1-2-8-18-9-6-13(7-10-18)17-16(19)15-11-12-4-3-5-14(12)20-15/h11,13H,2-10H2,1H3,(H,17,19).